The maximum atomic E-state index is 16.3. The van der Waals surface area contributed by atoms with E-state index >= 15 is 4.39 Å². The molecule has 3 aromatic heterocycles. The highest BCUT2D eigenvalue weighted by Gasteiger charge is 2.44. The Labute approximate surface area is 217 Å². The Morgan fingerprint density at radius 1 is 1.16 bits per heavy atom. The van der Waals surface area contributed by atoms with Crippen molar-refractivity contribution in [2.24, 2.45) is 7.05 Å². The lowest BCUT2D eigenvalue weighted by Crippen LogP contribution is -2.40. The minimum Gasteiger partial charge on any atom is -0.463 e. The van der Waals surface area contributed by atoms with E-state index in [0.717, 1.165) is 0 Å². The highest BCUT2D eigenvalue weighted by Crippen LogP contribution is 2.42. The molecule has 1 unspecified atom stereocenters. The average Bonchev–Trinajstić information content (AvgIpc) is 3.14. The number of para-hydroxylation sites is 2. The Bertz CT molecular complexity index is 1540. The molecule has 1 atom stereocenters. The summed E-state index contributed by atoms with van der Waals surface area (Å²) in [7, 11) is -2.73. The van der Waals surface area contributed by atoms with E-state index < -0.39 is 21.8 Å². The van der Waals surface area contributed by atoms with Gasteiger partial charge >= 0.3 is 0 Å². The number of alkyl halides is 1. The first kappa shape index (κ1) is 25.3. The predicted molar refractivity (Wildman–Crippen MR) is 135 cm³/mol. The summed E-state index contributed by atoms with van der Waals surface area (Å²) >= 11 is 6.23. The molecule has 1 saturated heterocycles. The van der Waals surface area contributed by atoms with Crippen molar-refractivity contribution in [3.8, 4) is 5.88 Å². The van der Waals surface area contributed by atoms with Crippen LogP contribution in [0.2, 0.25) is 5.15 Å². The van der Waals surface area contributed by atoms with Gasteiger partial charge in [-0.25, -0.2) is 22.8 Å². The molecule has 4 aromatic rings. The van der Waals surface area contributed by atoms with Gasteiger partial charge in [0.25, 0.3) is 15.9 Å². The van der Waals surface area contributed by atoms with Crippen LogP contribution in [0.3, 0.4) is 0 Å². The molecule has 4 heterocycles. The number of nitrogens with one attached hydrogen (secondary N) is 1. The van der Waals surface area contributed by atoms with Crippen LogP contribution in [0.1, 0.15) is 30.2 Å². The lowest BCUT2D eigenvalue weighted by atomic mass is 9.86. The van der Waals surface area contributed by atoms with Gasteiger partial charge in [-0.1, -0.05) is 29.8 Å². The monoisotopic (exact) mass is 546 g/mol. The van der Waals surface area contributed by atoms with Crippen molar-refractivity contribution in [2.75, 3.05) is 17.9 Å². The molecule has 0 saturated carbocycles. The summed E-state index contributed by atoms with van der Waals surface area (Å²) in [5.74, 6) is -0.389. The Hall–Kier alpha value is -3.35. The molecule has 1 fully saturated rings. The summed E-state index contributed by atoms with van der Waals surface area (Å²) in [5, 5.41) is 4.01. The quantitative estimate of drug-likeness (QED) is 0.367. The van der Waals surface area contributed by atoms with Crippen LogP contribution < -0.4 is 9.46 Å². The van der Waals surface area contributed by atoms with Gasteiger partial charge in [-0.15, -0.1) is 0 Å². The van der Waals surface area contributed by atoms with Gasteiger partial charge in [0, 0.05) is 51.1 Å². The lowest BCUT2D eigenvalue weighted by molar-refractivity contribution is -0.0742. The first-order chi connectivity index (χ1) is 17.7. The van der Waals surface area contributed by atoms with Crippen molar-refractivity contribution in [3.63, 3.8) is 0 Å². The number of benzene rings is 1. The second kappa shape index (κ2) is 9.84. The molecule has 1 aromatic carbocycles. The molecular formula is C24H24ClFN6O4S. The topological polar surface area (TPSA) is 121 Å². The molecule has 0 radical (unpaired) electrons. The molecule has 1 N–H and O–H groups in total. The smallest absolute Gasteiger partial charge is 0.268 e. The molecule has 0 bridgehead atoms. The van der Waals surface area contributed by atoms with Gasteiger partial charge in [0.15, 0.2) is 11.8 Å². The molecule has 1 aliphatic heterocycles. The number of pyridine rings is 1. The third-order valence-electron chi connectivity index (χ3n) is 6.15. The Kier molecular flexibility index (Phi) is 6.73. The highest BCUT2D eigenvalue weighted by atomic mass is 35.5. The molecule has 37 heavy (non-hydrogen) atoms. The van der Waals surface area contributed by atoms with Gasteiger partial charge in [0.05, 0.1) is 16.7 Å². The van der Waals surface area contributed by atoms with E-state index in [0.29, 0.717) is 16.6 Å². The third kappa shape index (κ3) is 4.96. The molecule has 194 valence electrons. The summed E-state index contributed by atoms with van der Waals surface area (Å²) in [4.78, 5) is 12.9. The van der Waals surface area contributed by atoms with Gasteiger partial charge in [0.2, 0.25) is 5.82 Å². The number of rotatable bonds is 7. The molecule has 0 amide bonds. The molecule has 10 nitrogen and oxygen atoms in total. The largest absolute Gasteiger partial charge is 0.463 e. The third-order valence-corrected chi connectivity index (χ3v) is 8.18. The molecule has 0 spiro atoms. The summed E-state index contributed by atoms with van der Waals surface area (Å²) in [5.41, 5.74) is -0.272. The number of aryl methyl sites for hydroxylation is 2. The van der Waals surface area contributed by atoms with E-state index in [1.807, 2.05) is 0 Å². The Morgan fingerprint density at radius 2 is 1.86 bits per heavy atom. The van der Waals surface area contributed by atoms with Crippen molar-refractivity contribution in [2.45, 2.75) is 36.4 Å². The van der Waals surface area contributed by atoms with Crippen LogP contribution in [-0.4, -0.2) is 52.0 Å². The highest BCUT2D eigenvalue weighted by molar-refractivity contribution is 7.92. The van der Waals surface area contributed by atoms with Crippen LogP contribution in [0.15, 0.2) is 53.7 Å². The summed E-state index contributed by atoms with van der Waals surface area (Å²) in [6.07, 6.45) is 2.11. The van der Waals surface area contributed by atoms with Gasteiger partial charge < -0.3 is 9.47 Å². The van der Waals surface area contributed by atoms with E-state index in [9.17, 15) is 8.42 Å². The zero-order valence-electron chi connectivity index (χ0n) is 20.1. The van der Waals surface area contributed by atoms with Crippen LogP contribution in [0.4, 0.5) is 10.2 Å². The standard InChI is InChI=1S/C24H24ClFN6O4S/c1-15-19(21(25)32(2)30-15)37(33,34)31-22-23(29-18-8-4-3-7-17(18)28-22)36-20(16-6-5-11-27-14-16)24(26)9-12-35-13-10-24/h3-8,11,14,20H,9-10,12-13H2,1-2H3,(H,28,31). The van der Waals surface area contributed by atoms with Gasteiger partial charge in [-0.2, -0.15) is 5.10 Å². The van der Waals surface area contributed by atoms with Crippen LogP contribution in [-0.2, 0) is 21.8 Å². The Morgan fingerprint density at radius 3 is 2.49 bits per heavy atom. The van der Waals surface area contributed by atoms with Crippen molar-refractivity contribution in [3.05, 3.63) is 65.2 Å². The molecule has 13 heteroatoms. The second-order valence-corrected chi connectivity index (χ2v) is 10.7. The number of nitrogens with zero attached hydrogens (tertiary/aromatic N) is 5. The van der Waals surface area contributed by atoms with Crippen molar-refractivity contribution < 1.29 is 22.3 Å². The minimum absolute atomic E-state index is 0.0700. The fourth-order valence-corrected chi connectivity index (χ4v) is 6.07. The van der Waals surface area contributed by atoms with Crippen LogP contribution >= 0.6 is 11.6 Å². The fraction of sp³-hybridized carbons (Fsp3) is 0.333. The van der Waals surface area contributed by atoms with E-state index in [4.69, 9.17) is 21.1 Å². The van der Waals surface area contributed by atoms with Crippen LogP contribution in [0.25, 0.3) is 11.0 Å². The van der Waals surface area contributed by atoms with Crippen LogP contribution in [0.5, 0.6) is 5.88 Å². The zero-order chi connectivity index (χ0) is 26.2. The maximum Gasteiger partial charge on any atom is 0.268 e. The Balaban J connectivity index is 1.62. The first-order valence-corrected chi connectivity index (χ1v) is 13.4. The SMILES string of the molecule is Cc1nn(C)c(Cl)c1S(=O)(=O)Nc1nc2ccccc2nc1OC(c1cccnc1)C1(F)CCOCC1. The van der Waals surface area contributed by atoms with Crippen molar-refractivity contribution >= 4 is 38.5 Å². The van der Waals surface area contributed by atoms with E-state index in [1.165, 1.54) is 24.9 Å². The maximum absolute atomic E-state index is 16.3. The second-order valence-electron chi connectivity index (χ2n) is 8.73. The summed E-state index contributed by atoms with van der Waals surface area (Å²) in [6.45, 7) is 1.97. The average molecular weight is 547 g/mol. The number of sulfonamides is 1. The number of aromatic nitrogens is 5. The molecule has 0 aliphatic carbocycles. The minimum atomic E-state index is -4.26. The number of hydrogen-bond donors (Lipinski definition) is 1. The molecule has 5 rings (SSSR count). The van der Waals surface area contributed by atoms with Gasteiger partial charge in [-0.3, -0.25) is 14.4 Å². The fourth-order valence-electron chi connectivity index (χ4n) is 4.31. The molecular weight excluding hydrogens is 523 g/mol. The van der Waals surface area contributed by atoms with Crippen molar-refractivity contribution in [1.82, 2.24) is 24.7 Å². The summed E-state index contributed by atoms with van der Waals surface area (Å²) in [6, 6.07) is 10.3. The number of fused-ring (bicyclic) bond motifs is 1. The van der Waals surface area contributed by atoms with E-state index in [-0.39, 0.29) is 53.5 Å². The lowest BCUT2D eigenvalue weighted by Gasteiger charge is -2.36. The van der Waals surface area contributed by atoms with Crippen LogP contribution in [0, 0.1) is 6.92 Å². The normalized spacial score (nSPS) is 16.4. The predicted octanol–water partition coefficient (Wildman–Crippen LogP) is 4.16. The number of anilines is 1. The molecule has 1 aliphatic rings. The zero-order valence-corrected chi connectivity index (χ0v) is 21.6. The van der Waals surface area contributed by atoms with Crippen molar-refractivity contribution in [1.29, 1.82) is 0 Å². The van der Waals surface area contributed by atoms with Gasteiger partial charge in [0.1, 0.15) is 10.0 Å². The number of halogens is 2. The van der Waals surface area contributed by atoms with E-state index in [1.54, 1.807) is 42.6 Å². The van der Waals surface area contributed by atoms with Gasteiger partial charge in [-0.05, 0) is 25.1 Å². The first-order valence-electron chi connectivity index (χ1n) is 11.5. The number of hydrogen-bond acceptors (Lipinski definition) is 8. The summed E-state index contributed by atoms with van der Waals surface area (Å²) < 4.78 is 58.4. The van der Waals surface area contributed by atoms with E-state index in [2.05, 4.69) is 24.8 Å². The number of ether oxygens (including phenoxy) is 2.